The minimum absolute atomic E-state index is 0.0394. The average molecular weight is 385 g/mol. The van der Waals surface area contributed by atoms with Crippen LogP contribution in [0.1, 0.15) is 30.4 Å². The van der Waals surface area contributed by atoms with Crippen LogP contribution in [0.15, 0.2) is 53.5 Å². The number of nitrogens with zero attached hydrogens (tertiary/aromatic N) is 1. The van der Waals surface area contributed by atoms with Gasteiger partial charge in [0.15, 0.2) is 11.6 Å². The standard InChI is InChI=1S/C21H21ClN2O3/c22-16-5-2-1-4-15(16)21-11-3-6-18(19(21)26)27-20(24-21)17(23)12-13-7-9-14(25)10-8-13/h1-2,4-5,7-10,17-18,25H,3,6,11-12,23H2. The van der Waals surface area contributed by atoms with Gasteiger partial charge in [-0.3, -0.25) is 4.79 Å². The van der Waals surface area contributed by atoms with Gasteiger partial charge in [0.2, 0.25) is 11.7 Å². The maximum atomic E-state index is 13.1. The highest BCUT2D eigenvalue weighted by Gasteiger charge is 2.52. The zero-order valence-corrected chi connectivity index (χ0v) is 15.5. The molecular weight excluding hydrogens is 364 g/mol. The predicted molar refractivity (Wildman–Crippen MR) is 104 cm³/mol. The first-order valence-electron chi connectivity index (χ1n) is 9.09. The van der Waals surface area contributed by atoms with Crippen molar-refractivity contribution >= 4 is 23.3 Å². The molecule has 3 atom stereocenters. The number of fused-ring (bicyclic) bond motifs is 2. The van der Waals surface area contributed by atoms with Crippen LogP contribution >= 0.6 is 11.6 Å². The molecule has 4 rings (SSSR count). The molecule has 3 N–H and O–H groups in total. The lowest BCUT2D eigenvalue weighted by Gasteiger charge is -2.42. The summed E-state index contributed by atoms with van der Waals surface area (Å²) in [7, 11) is 0. The smallest absolute Gasteiger partial charge is 0.205 e. The van der Waals surface area contributed by atoms with Crippen LogP contribution in [-0.2, 0) is 21.5 Å². The van der Waals surface area contributed by atoms with Crippen LogP contribution in [0.3, 0.4) is 0 Å². The Balaban J connectivity index is 1.71. The molecule has 1 aliphatic heterocycles. The van der Waals surface area contributed by atoms with Crippen LogP contribution in [0.2, 0.25) is 5.02 Å². The molecule has 2 aliphatic rings. The number of hydrogen-bond donors (Lipinski definition) is 2. The number of phenols is 1. The third kappa shape index (κ3) is 3.22. The van der Waals surface area contributed by atoms with E-state index in [1.807, 2.05) is 30.3 Å². The van der Waals surface area contributed by atoms with Gasteiger partial charge in [-0.2, -0.15) is 0 Å². The maximum absolute atomic E-state index is 13.1. The second-order valence-corrected chi connectivity index (χ2v) is 7.54. The Labute approximate surface area is 162 Å². The van der Waals surface area contributed by atoms with Crippen LogP contribution in [0.25, 0.3) is 0 Å². The van der Waals surface area contributed by atoms with Crippen LogP contribution in [0.5, 0.6) is 5.75 Å². The van der Waals surface area contributed by atoms with E-state index in [0.29, 0.717) is 30.2 Å². The van der Waals surface area contributed by atoms with Gasteiger partial charge in [-0.05, 0) is 49.4 Å². The summed E-state index contributed by atoms with van der Waals surface area (Å²) in [5.74, 6) is 0.561. The van der Waals surface area contributed by atoms with Gasteiger partial charge in [-0.15, -0.1) is 0 Å². The number of ether oxygens (including phenoxy) is 1. The molecule has 6 heteroatoms. The van der Waals surface area contributed by atoms with Gasteiger partial charge in [-0.1, -0.05) is 41.9 Å². The van der Waals surface area contributed by atoms with E-state index in [4.69, 9.17) is 27.1 Å². The lowest BCUT2D eigenvalue weighted by atomic mass is 9.73. The van der Waals surface area contributed by atoms with Crippen molar-refractivity contribution in [1.82, 2.24) is 0 Å². The number of Topliss-reactive ketones (excluding diaryl/α,β-unsaturated/α-hetero) is 1. The molecule has 3 unspecified atom stereocenters. The van der Waals surface area contributed by atoms with Crippen molar-refractivity contribution in [2.75, 3.05) is 0 Å². The Kier molecular flexibility index (Phi) is 4.66. The summed E-state index contributed by atoms with van der Waals surface area (Å²) in [5, 5.41) is 9.97. The maximum Gasteiger partial charge on any atom is 0.205 e. The largest absolute Gasteiger partial charge is 0.508 e. The van der Waals surface area contributed by atoms with Crippen LogP contribution in [0, 0.1) is 0 Å². The Morgan fingerprint density at radius 3 is 2.74 bits per heavy atom. The fourth-order valence-electron chi connectivity index (χ4n) is 3.92. The zero-order valence-electron chi connectivity index (χ0n) is 14.8. The van der Waals surface area contributed by atoms with Gasteiger partial charge in [0.05, 0.1) is 6.04 Å². The summed E-state index contributed by atoms with van der Waals surface area (Å²) < 4.78 is 5.90. The number of rotatable bonds is 4. The van der Waals surface area contributed by atoms with E-state index in [0.717, 1.165) is 17.5 Å². The van der Waals surface area contributed by atoms with Crippen molar-refractivity contribution in [3.8, 4) is 5.75 Å². The molecule has 0 aromatic heterocycles. The molecule has 27 heavy (non-hydrogen) atoms. The van der Waals surface area contributed by atoms with E-state index < -0.39 is 17.7 Å². The van der Waals surface area contributed by atoms with Crippen molar-refractivity contribution in [3.05, 3.63) is 64.7 Å². The average Bonchev–Trinajstić information content (AvgIpc) is 2.64. The van der Waals surface area contributed by atoms with Gasteiger partial charge in [-0.25, -0.2) is 4.99 Å². The molecule has 1 fully saturated rings. The van der Waals surface area contributed by atoms with E-state index >= 15 is 0 Å². The first kappa shape index (κ1) is 18.0. The fraction of sp³-hybridized carbons (Fsp3) is 0.333. The Morgan fingerprint density at radius 1 is 1.26 bits per heavy atom. The SMILES string of the molecule is NC(Cc1ccc(O)cc1)C1=NC2(c3ccccc3Cl)CCCC(O1)C2=O. The molecule has 140 valence electrons. The summed E-state index contributed by atoms with van der Waals surface area (Å²) in [6, 6.07) is 13.7. The van der Waals surface area contributed by atoms with Gasteiger partial charge < -0.3 is 15.6 Å². The molecule has 0 amide bonds. The molecule has 2 aromatic rings. The number of phenolic OH excluding ortho intramolecular Hbond substituents is 1. The fourth-order valence-corrected chi connectivity index (χ4v) is 4.21. The van der Waals surface area contributed by atoms with Gasteiger partial charge in [0, 0.05) is 10.6 Å². The Morgan fingerprint density at radius 2 is 2.00 bits per heavy atom. The first-order valence-corrected chi connectivity index (χ1v) is 9.46. The molecule has 2 aromatic carbocycles. The van der Waals surface area contributed by atoms with E-state index in [9.17, 15) is 9.90 Å². The molecule has 0 radical (unpaired) electrons. The van der Waals surface area contributed by atoms with Crippen molar-refractivity contribution in [1.29, 1.82) is 0 Å². The molecule has 1 saturated carbocycles. The highest BCUT2D eigenvalue weighted by molar-refractivity contribution is 6.32. The monoisotopic (exact) mass is 384 g/mol. The molecule has 5 nitrogen and oxygen atoms in total. The number of hydrogen-bond acceptors (Lipinski definition) is 5. The summed E-state index contributed by atoms with van der Waals surface area (Å²) >= 11 is 6.42. The normalized spacial score (nSPS) is 25.5. The van der Waals surface area contributed by atoms with E-state index in [1.165, 1.54) is 0 Å². The van der Waals surface area contributed by atoms with E-state index in [2.05, 4.69) is 0 Å². The quantitative estimate of drug-likeness (QED) is 0.846. The van der Waals surface area contributed by atoms with Crippen molar-refractivity contribution < 1.29 is 14.6 Å². The minimum atomic E-state index is -1.01. The van der Waals surface area contributed by atoms with Crippen molar-refractivity contribution in [2.45, 2.75) is 43.4 Å². The number of aliphatic imine (C=N–C) groups is 1. The number of carbonyl (C=O) groups is 1. The van der Waals surface area contributed by atoms with Crippen molar-refractivity contribution in [3.63, 3.8) is 0 Å². The third-order valence-electron chi connectivity index (χ3n) is 5.30. The molecule has 1 heterocycles. The van der Waals surface area contributed by atoms with E-state index in [-0.39, 0.29) is 11.5 Å². The van der Waals surface area contributed by atoms with E-state index in [1.54, 1.807) is 18.2 Å². The number of benzene rings is 2. The summed E-state index contributed by atoms with van der Waals surface area (Å²) in [6.45, 7) is 0. The van der Waals surface area contributed by atoms with Gasteiger partial charge in [0.1, 0.15) is 5.75 Å². The molecule has 0 saturated heterocycles. The second kappa shape index (κ2) is 6.98. The third-order valence-corrected chi connectivity index (χ3v) is 5.63. The van der Waals surface area contributed by atoms with Gasteiger partial charge >= 0.3 is 0 Å². The second-order valence-electron chi connectivity index (χ2n) is 7.13. The lowest BCUT2D eigenvalue weighted by molar-refractivity contribution is -0.137. The molecular formula is C21H21ClN2O3. The first-order chi connectivity index (χ1) is 13.0. The minimum Gasteiger partial charge on any atom is -0.508 e. The summed E-state index contributed by atoms with van der Waals surface area (Å²) in [4.78, 5) is 17.8. The molecule has 1 aliphatic carbocycles. The van der Waals surface area contributed by atoms with Gasteiger partial charge in [0.25, 0.3) is 0 Å². The number of aromatic hydroxyl groups is 1. The van der Waals surface area contributed by atoms with Crippen LogP contribution in [-0.4, -0.2) is 28.9 Å². The van der Waals surface area contributed by atoms with Crippen molar-refractivity contribution in [2.24, 2.45) is 10.7 Å². The van der Waals surface area contributed by atoms with Crippen LogP contribution < -0.4 is 5.73 Å². The Bertz CT molecular complexity index is 897. The number of halogens is 1. The number of carbonyl (C=O) groups excluding carboxylic acids is 1. The topological polar surface area (TPSA) is 84.9 Å². The summed E-state index contributed by atoms with van der Waals surface area (Å²) in [6.07, 6.45) is 2.07. The predicted octanol–water partition coefficient (Wildman–Crippen LogP) is 3.36. The highest BCUT2D eigenvalue weighted by atomic mass is 35.5. The summed E-state index contributed by atoms with van der Waals surface area (Å²) in [5.41, 5.74) is 7.05. The molecule has 2 bridgehead atoms. The zero-order chi connectivity index (χ0) is 19.0. The number of ketones is 1. The highest BCUT2D eigenvalue weighted by Crippen LogP contribution is 2.44. The molecule has 0 spiro atoms. The lowest BCUT2D eigenvalue weighted by Crippen LogP contribution is -2.54. The number of nitrogens with two attached hydrogens (primary N) is 1. The van der Waals surface area contributed by atoms with Crippen LogP contribution in [0.4, 0.5) is 0 Å². The Hall–Kier alpha value is -2.37.